The number of hydrogen-bond acceptors (Lipinski definition) is 6. The molecule has 1 aliphatic carbocycles. The first kappa shape index (κ1) is 18.3. The van der Waals surface area contributed by atoms with Gasteiger partial charge in [0.1, 0.15) is 0 Å². The highest BCUT2D eigenvalue weighted by Crippen LogP contribution is 2.39. The largest absolute Gasteiger partial charge is 0.368 e. The zero-order valence-corrected chi connectivity index (χ0v) is 15.8. The fourth-order valence-electron chi connectivity index (χ4n) is 2.84. The second kappa shape index (κ2) is 7.79. The van der Waals surface area contributed by atoms with E-state index in [9.17, 15) is 4.79 Å². The van der Waals surface area contributed by atoms with Gasteiger partial charge >= 0.3 is 0 Å². The van der Waals surface area contributed by atoms with Gasteiger partial charge in [-0.05, 0) is 43.9 Å². The van der Waals surface area contributed by atoms with Crippen molar-refractivity contribution in [1.29, 1.82) is 5.26 Å². The summed E-state index contributed by atoms with van der Waals surface area (Å²) in [6.07, 6.45) is 2.43. The number of aromatic nitrogens is 3. The van der Waals surface area contributed by atoms with E-state index in [2.05, 4.69) is 16.3 Å². The molecule has 1 aliphatic rings. The fourth-order valence-corrected chi connectivity index (χ4v) is 3.72. The molecule has 8 heteroatoms. The molecule has 2 N–H and O–H groups in total. The van der Waals surface area contributed by atoms with Crippen molar-refractivity contribution in [3.8, 4) is 6.07 Å². The molecule has 1 amide bonds. The SMILES string of the molecule is Cc1cccc(N(CCC#N)C(=O)CSc2nnc(N)n2C2CC2)c1C. The predicted octanol–water partition coefficient (Wildman–Crippen LogP) is 2.85. The first-order chi connectivity index (χ1) is 12.5. The fraction of sp³-hybridized carbons (Fsp3) is 0.444. The number of thioether (sulfide) groups is 1. The average molecular weight is 370 g/mol. The number of aryl methyl sites for hydroxylation is 1. The van der Waals surface area contributed by atoms with Crippen LogP contribution in [0, 0.1) is 25.2 Å². The number of benzene rings is 1. The van der Waals surface area contributed by atoms with E-state index >= 15 is 0 Å². The van der Waals surface area contributed by atoms with E-state index in [4.69, 9.17) is 11.0 Å². The van der Waals surface area contributed by atoms with Gasteiger partial charge in [-0.3, -0.25) is 9.36 Å². The number of nitrogen functional groups attached to an aromatic ring is 1. The molecule has 0 bridgehead atoms. The summed E-state index contributed by atoms with van der Waals surface area (Å²) < 4.78 is 1.91. The first-order valence-corrected chi connectivity index (χ1v) is 9.58. The first-order valence-electron chi connectivity index (χ1n) is 8.59. The lowest BCUT2D eigenvalue weighted by Gasteiger charge is -2.24. The Hall–Kier alpha value is -2.53. The number of nitriles is 1. The third-order valence-electron chi connectivity index (χ3n) is 4.54. The molecule has 26 heavy (non-hydrogen) atoms. The van der Waals surface area contributed by atoms with Gasteiger partial charge in [0.15, 0.2) is 5.16 Å². The van der Waals surface area contributed by atoms with Gasteiger partial charge in [0, 0.05) is 18.3 Å². The minimum Gasteiger partial charge on any atom is -0.368 e. The van der Waals surface area contributed by atoms with E-state index in [1.807, 2.05) is 36.6 Å². The zero-order valence-electron chi connectivity index (χ0n) is 15.0. The molecular weight excluding hydrogens is 348 g/mol. The van der Waals surface area contributed by atoms with Crippen molar-refractivity contribution < 1.29 is 4.79 Å². The molecule has 1 heterocycles. The number of hydrogen-bond donors (Lipinski definition) is 1. The molecule has 136 valence electrons. The molecule has 0 aliphatic heterocycles. The molecule has 7 nitrogen and oxygen atoms in total. The maximum atomic E-state index is 12.9. The van der Waals surface area contributed by atoms with Crippen LogP contribution in [0.4, 0.5) is 11.6 Å². The van der Waals surface area contributed by atoms with Gasteiger partial charge in [0.05, 0.1) is 18.2 Å². The molecule has 0 spiro atoms. The third kappa shape index (κ3) is 3.83. The Morgan fingerprint density at radius 2 is 2.19 bits per heavy atom. The molecule has 1 aromatic heterocycles. The second-order valence-electron chi connectivity index (χ2n) is 6.40. The van der Waals surface area contributed by atoms with Crippen LogP contribution in [0.3, 0.4) is 0 Å². The summed E-state index contributed by atoms with van der Waals surface area (Å²) in [5.74, 6) is 0.574. The van der Waals surface area contributed by atoms with Gasteiger partial charge in [-0.15, -0.1) is 10.2 Å². The Morgan fingerprint density at radius 3 is 2.88 bits per heavy atom. The minimum absolute atomic E-state index is 0.0529. The molecule has 1 saturated carbocycles. The number of rotatable bonds is 7. The molecule has 0 atom stereocenters. The van der Waals surface area contributed by atoms with Crippen LogP contribution in [0.2, 0.25) is 0 Å². The van der Waals surface area contributed by atoms with Crippen LogP contribution < -0.4 is 10.6 Å². The lowest BCUT2D eigenvalue weighted by Crippen LogP contribution is -2.34. The van der Waals surface area contributed by atoms with Crippen LogP contribution in [-0.2, 0) is 4.79 Å². The zero-order chi connectivity index (χ0) is 18.7. The summed E-state index contributed by atoms with van der Waals surface area (Å²) in [4.78, 5) is 14.6. The highest BCUT2D eigenvalue weighted by atomic mass is 32.2. The van der Waals surface area contributed by atoms with Crippen LogP contribution in [-0.4, -0.2) is 33.0 Å². The predicted molar refractivity (Wildman–Crippen MR) is 102 cm³/mol. The normalized spacial score (nSPS) is 13.4. The molecule has 0 radical (unpaired) electrons. The Bertz CT molecular complexity index is 852. The Kier molecular flexibility index (Phi) is 5.47. The van der Waals surface area contributed by atoms with Crippen molar-refractivity contribution in [2.75, 3.05) is 22.9 Å². The van der Waals surface area contributed by atoms with Gasteiger partial charge in [-0.1, -0.05) is 23.9 Å². The summed E-state index contributed by atoms with van der Waals surface area (Å²) >= 11 is 1.35. The van der Waals surface area contributed by atoms with Crippen molar-refractivity contribution in [2.45, 2.75) is 44.3 Å². The molecule has 1 fully saturated rings. The van der Waals surface area contributed by atoms with Crippen LogP contribution in [0.5, 0.6) is 0 Å². The van der Waals surface area contributed by atoms with E-state index in [0.29, 0.717) is 23.7 Å². The average Bonchev–Trinajstić information content (AvgIpc) is 3.39. The highest BCUT2D eigenvalue weighted by Gasteiger charge is 2.29. The van der Waals surface area contributed by atoms with E-state index < -0.39 is 0 Å². The quantitative estimate of drug-likeness (QED) is 0.752. The van der Waals surface area contributed by atoms with Crippen LogP contribution >= 0.6 is 11.8 Å². The number of carbonyl (C=O) groups excluding carboxylic acids is 1. The van der Waals surface area contributed by atoms with Crippen molar-refractivity contribution in [1.82, 2.24) is 14.8 Å². The van der Waals surface area contributed by atoms with E-state index in [-0.39, 0.29) is 18.1 Å². The van der Waals surface area contributed by atoms with Crippen molar-refractivity contribution >= 4 is 29.3 Å². The summed E-state index contributed by atoms with van der Waals surface area (Å²) in [6, 6.07) is 8.35. The highest BCUT2D eigenvalue weighted by molar-refractivity contribution is 7.99. The smallest absolute Gasteiger partial charge is 0.237 e. The number of carbonyl (C=O) groups is 1. The Morgan fingerprint density at radius 1 is 1.42 bits per heavy atom. The van der Waals surface area contributed by atoms with Gasteiger partial charge in [0.2, 0.25) is 11.9 Å². The van der Waals surface area contributed by atoms with Gasteiger partial charge in [-0.2, -0.15) is 5.26 Å². The molecule has 0 saturated heterocycles. The van der Waals surface area contributed by atoms with Crippen molar-refractivity contribution in [3.05, 3.63) is 29.3 Å². The second-order valence-corrected chi connectivity index (χ2v) is 7.35. The number of nitrogens with zero attached hydrogens (tertiary/aromatic N) is 5. The number of amides is 1. The maximum Gasteiger partial charge on any atom is 0.237 e. The summed E-state index contributed by atoms with van der Waals surface area (Å²) in [6.45, 7) is 4.38. The van der Waals surface area contributed by atoms with Crippen LogP contribution in [0.25, 0.3) is 0 Å². The molecule has 2 aromatic rings. The van der Waals surface area contributed by atoms with Crippen LogP contribution in [0.1, 0.15) is 36.4 Å². The van der Waals surface area contributed by atoms with Crippen LogP contribution in [0.15, 0.2) is 23.4 Å². The lowest BCUT2D eigenvalue weighted by atomic mass is 10.1. The summed E-state index contributed by atoms with van der Waals surface area (Å²) in [7, 11) is 0. The van der Waals surface area contributed by atoms with E-state index in [1.54, 1.807) is 4.90 Å². The molecule has 1 aromatic carbocycles. The summed E-state index contributed by atoms with van der Waals surface area (Å²) in [5.41, 5.74) is 8.91. The monoisotopic (exact) mass is 370 g/mol. The van der Waals surface area contributed by atoms with Gasteiger partial charge in [0.25, 0.3) is 0 Å². The third-order valence-corrected chi connectivity index (χ3v) is 5.47. The van der Waals surface area contributed by atoms with E-state index in [1.165, 1.54) is 11.8 Å². The maximum absolute atomic E-state index is 12.9. The summed E-state index contributed by atoms with van der Waals surface area (Å²) in [5, 5.41) is 17.7. The van der Waals surface area contributed by atoms with Gasteiger partial charge in [-0.25, -0.2) is 0 Å². The van der Waals surface area contributed by atoms with E-state index in [0.717, 1.165) is 29.7 Å². The minimum atomic E-state index is -0.0529. The Labute approximate surface area is 157 Å². The number of anilines is 2. The topological polar surface area (TPSA) is 101 Å². The molecule has 0 unspecified atom stereocenters. The van der Waals surface area contributed by atoms with Crippen molar-refractivity contribution in [3.63, 3.8) is 0 Å². The standard InChI is InChI=1S/C18H22N6OS/c1-12-5-3-6-15(13(12)2)23(10-4-9-19)16(25)11-26-18-22-21-17(20)24(18)14-7-8-14/h3,5-6,14H,4,7-8,10-11H2,1-2H3,(H2,20,21). The lowest BCUT2D eigenvalue weighted by molar-refractivity contribution is -0.116. The van der Waals surface area contributed by atoms with Gasteiger partial charge < -0.3 is 10.6 Å². The molecule has 3 rings (SSSR count). The molecular formula is C18H22N6OS. The van der Waals surface area contributed by atoms with Crippen molar-refractivity contribution in [2.24, 2.45) is 0 Å². The Balaban J connectivity index is 1.76. The number of nitrogens with two attached hydrogens (primary N) is 1.